The van der Waals surface area contributed by atoms with Gasteiger partial charge in [-0.15, -0.1) is 0 Å². The van der Waals surface area contributed by atoms with Crippen LogP contribution in [0.2, 0.25) is 0 Å². The fourth-order valence-electron chi connectivity index (χ4n) is 4.20. The van der Waals surface area contributed by atoms with Crippen molar-refractivity contribution in [2.75, 3.05) is 0 Å². The van der Waals surface area contributed by atoms with Crippen molar-refractivity contribution >= 4 is 5.91 Å². The smallest absolute Gasteiger partial charge is 0.223 e. The number of amides is 1. The summed E-state index contributed by atoms with van der Waals surface area (Å²) in [6.45, 7) is 0. The van der Waals surface area contributed by atoms with E-state index in [2.05, 4.69) is 10.6 Å². The standard InChI is InChI=1S/C15H24N2O/c18-15(14(9-1-2-9)10-3-4-10)17-13-7-11-5-6-12(8-13)16-11/h9-14,16H,1-8H2,(H,17,18). The summed E-state index contributed by atoms with van der Waals surface area (Å²) in [6, 6.07) is 1.81. The third-order valence-corrected chi connectivity index (χ3v) is 5.38. The van der Waals surface area contributed by atoms with Crippen LogP contribution in [0.15, 0.2) is 0 Å². The number of carbonyl (C=O) groups is 1. The number of rotatable bonds is 4. The van der Waals surface area contributed by atoms with E-state index in [9.17, 15) is 4.79 Å². The molecule has 2 atom stereocenters. The summed E-state index contributed by atoms with van der Waals surface area (Å²) in [6.07, 6.45) is 10.1. The van der Waals surface area contributed by atoms with Gasteiger partial charge in [-0.3, -0.25) is 4.79 Å². The van der Waals surface area contributed by atoms with Gasteiger partial charge in [0.15, 0.2) is 0 Å². The lowest BCUT2D eigenvalue weighted by atomic mass is 9.94. The predicted octanol–water partition coefficient (Wildman–Crippen LogP) is 1.82. The summed E-state index contributed by atoms with van der Waals surface area (Å²) < 4.78 is 0. The SMILES string of the molecule is O=C(NC1CC2CCC(C1)N2)C(C1CC1)C1CC1. The molecule has 2 bridgehead atoms. The van der Waals surface area contributed by atoms with Crippen molar-refractivity contribution in [1.29, 1.82) is 0 Å². The fraction of sp³-hybridized carbons (Fsp3) is 0.933. The Morgan fingerprint density at radius 3 is 2.00 bits per heavy atom. The third kappa shape index (κ3) is 2.18. The Morgan fingerprint density at radius 2 is 1.50 bits per heavy atom. The van der Waals surface area contributed by atoms with Gasteiger partial charge in [0.25, 0.3) is 0 Å². The first-order chi connectivity index (χ1) is 8.79. The first-order valence-corrected chi connectivity index (χ1v) is 7.86. The highest BCUT2D eigenvalue weighted by Crippen LogP contribution is 2.49. The third-order valence-electron chi connectivity index (χ3n) is 5.38. The summed E-state index contributed by atoms with van der Waals surface area (Å²) in [4.78, 5) is 12.5. The zero-order valence-electron chi connectivity index (χ0n) is 11.0. The molecule has 4 aliphatic rings. The predicted molar refractivity (Wildman–Crippen MR) is 70.0 cm³/mol. The summed E-state index contributed by atoms with van der Waals surface area (Å²) in [5, 5.41) is 7.03. The maximum atomic E-state index is 12.5. The second-order valence-corrected chi connectivity index (χ2v) is 7.02. The van der Waals surface area contributed by atoms with Crippen LogP contribution in [0.4, 0.5) is 0 Å². The van der Waals surface area contributed by atoms with E-state index in [0.29, 0.717) is 30.0 Å². The summed E-state index contributed by atoms with van der Waals surface area (Å²) in [5.41, 5.74) is 0. The van der Waals surface area contributed by atoms with E-state index in [-0.39, 0.29) is 0 Å². The molecular formula is C15H24N2O. The lowest BCUT2D eigenvalue weighted by Gasteiger charge is -2.31. The van der Waals surface area contributed by atoms with Crippen LogP contribution in [0.5, 0.6) is 0 Å². The van der Waals surface area contributed by atoms with Crippen molar-refractivity contribution in [1.82, 2.24) is 10.6 Å². The average Bonchev–Trinajstić information content (AvgIpc) is 3.22. The molecule has 2 aliphatic heterocycles. The van der Waals surface area contributed by atoms with Crippen LogP contribution in [-0.4, -0.2) is 24.0 Å². The molecule has 3 nitrogen and oxygen atoms in total. The zero-order valence-corrected chi connectivity index (χ0v) is 11.0. The van der Waals surface area contributed by atoms with Gasteiger partial charge in [-0.2, -0.15) is 0 Å². The lowest BCUT2D eigenvalue weighted by molar-refractivity contribution is -0.127. The normalized spacial score (nSPS) is 39.1. The first-order valence-electron chi connectivity index (χ1n) is 7.86. The van der Waals surface area contributed by atoms with Crippen LogP contribution in [0.3, 0.4) is 0 Å². The lowest BCUT2D eigenvalue weighted by Crippen LogP contribution is -2.49. The largest absolute Gasteiger partial charge is 0.353 e. The van der Waals surface area contributed by atoms with Crippen LogP contribution in [0.25, 0.3) is 0 Å². The highest BCUT2D eigenvalue weighted by molar-refractivity contribution is 5.80. The fourth-order valence-corrected chi connectivity index (χ4v) is 4.20. The number of hydrogen-bond acceptors (Lipinski definition) is 2. The maximum absolute atomic E-state index is 12.5. The summed E-state index contributed by atoms with van der Waals surface area (Å²) in [7, 11) is 0. The Kier molecular flexibility index (Phi) is 2.65. The molecule has 0 spiro atoms. The average molecular weight is 248 g/mol. The van der Waals surface area contributed by atoms with Gasteiger partial charge in [-0.05, 0) is 63.2 Å². The van der Waals surface area contributed by atoms with E-state index in [0.717, 1.165) is 24.7 Å². The number of fused-ring (bicyclic) bond motifs is 2. The highest BCUT2D eigenvalue weighted by atomic mass is 16.2. The zero-order chi connectivity index (χ0) is 12.1. The molecule has 4 rings (SSSR count). The van der Waals surface area contributed by atoms with Crippen molar-refractivity contribution in [3.63, 3.8) is 0 Å². The van der Waals surface area contributed by atoms with E-state index in [4.69, 9.17) is 0 Å². The van der Waals surface area contributed by atoms with Crippen molar-refractivity contribution in [3.8, 4) is 0 Å². The van der Waals surface area contributed by atoms with E-state index >= 15 is 0 Å². The Bertz CT molecular complexity index is 324. The van der Waals surface area contributed by atoms with E-state index in [1.54, 1.807) is 0 Å². The van der Waals surface area contributed by atoms with Crippen molar-refractivity contribution in [2.45, 2.75) is 69.5 Å². The Labute approximate surface area is 109 Å². The summed E-state index contributed by atoms with van der Waals surface area (Å²) in [5.74, 6) is 2.23. The van der Waals surface area contributed by atoms with Crippen LogP contribution in [0, 0.1) is 17.8 Å². The van der Waals surface area contributed by atoms with Crippen LogP contribution < -0.4 is 10.6 Å². The van der Waals surface area contributed by atoms with Crippen LogP contribution in [0.1, 0.15) is 51.4 Å². The molecule has 18 heavy (non-hydrogen) atoms. The molecule has 0 aromatic carbocycles. The molecule has 0 aromatic rings. The van der Waals surface area contributed by atoms with Crippen molar-refractivity contribution in [3.05, 3.63) is 0 Å². The van der Waals surface area contributed by atoms with Gasteiger partial charge in [0, 0.05) is 24.0 Å². The van der Waals surface area contributed by atoms with Gasteiger partial charge in [0.05, 0.1) is 0 Å². The van der Waals surface area contributed by atoms with Gasteiger partial charge in [-0.25, -0.2) is 0 Å². The molecule has 0 radical (unpaired) electrons. The number of carbonyl (C=O) groups excluding carboxylic acids is 1. The van der Waals surface area contributed by atoms with Gasteiger partial charge in [0.1, 0.15) is 0 Å². The molecule has 2 N–H and O–H groups in total. The molecule has 2 saturated heterocycles. The van der Waals surface area contributed by atoms with Gasteiger partial charge < -0.3 is 10.6 Å². The second kappa shape index (κ2) is 4.22. The van der Waals surface area contributed by atoms with E-state index < -0.39 is 0 Å². The molecular weight excluding hydrogens is 224 g/mol. The number of hydrogen-bond donors (Lipinski definition) is 2. The van der Waals surface area contributed by atoms with Crippen molar-refractivity contribution < 1.29 is 4.79 Å². The molecule has 4 fully saturated rings. The summed E-state index contributed by atoms with van der Waals surface area (Å²) >= 11 is 0. The minimum atomic E-state index is 0.373. The van der Waals surface area contributed by atoms with Gasteiger partial charge >= 0.3 is 0 Å². The highest BCUT2D eigenvalue weighted by Gasteiger charge is 2.46. The quantitative estimate of drug-likeness (QED) is 0.797. The van der Waals surface area contributed by atoms with E-state index in [1.807, 2.05) is 0 Å². The first kappa shape index (κ1) is 11.3. The van der Waals surface area contributed by atoms with Gasteiger partial charge in [0.2, 0.25) is 5.91 Å². The van der Waals surface area contributed by atoms with Crippen LogP contribution >= 0.6 is 0 Å². The molecule has 3 heteroatoms. The topological polar surface area (TPSA) is 41.1 Å². The molecule has 100 valence electrons. The Balaban J connectivity index is 1.37. The monoisotopic (exact) mass is 248 g/mol. The molecule has 2 heterocycles. The minimum Gasteiger partial charge on any atom is -0.353 e. The molecule has 2 saturated carbocycles. The molecule has 0 aromatic heterocycles. The van der Waals surface area contributed by atoms with Gasteiger partial charge in [-0.1, -0.05) is 0 Å². The number of piperidine rings is 1. The minimum absolute atomic E-state index is 0.373. The Hall–Kier alpha value is -0.570. The molecule has 2 aliphatic carbocycles. The van der Waals surface area contributed by atoms with Crippen molar-refractivity contribution in [2.24, 2.45) is 17.8 Å². The maximum Gasteiger partial charge on any atom is 0.223 e. The Morgan fingerprint density at radius 1 is 0.944 bits per heavy atom. The van der Waals surface area contributed by atoms with Crippen LogP contribution in [-0.2, 0) is 4.79 Å². The molecule has 2 unspecified atom stereocenters. The van der Waals surface area contributed by atoms with E-state index in [1.165, 1.54) is 38.5 Å². The number of nitrogens with one attached hydrogen (secondary N) is 2. The second-order valence-electron chi connectivity index (χ2n) is 7.02. The molecule has 1 amide bonds.